The number of benzene rings is 2. The van der Waals surface area contributed by atoms with Gasteiger partial charge in [-0.25, -0.2) is 0 Å². The summed E-state index contributed by atoms with van der Waals surface area (Å²) in [7, 11) is 0. The van der Waals surface area contributed by atoms with Crippen LogP contribution in [0.5, 0.6) is 11.5 Å². The largest absolute Gasteiger partial charge is 0.453 e. The van der Waals surface area contributed by atoms with Gasteiger partial charge in [0.1, 0.15) is 11.4 Å². The zero-order chi connectivity index (χ0) is 12.2. The van der Waals surface area contributed by atoms with E-state index in [1.54, 1.807) is 6.20 Å². The Balaban J connectivity index is 1.93. The summed E-state index contributed by atoms with van der Waals surface area (Å²) in [5.74, 6) is 1.53. The van der Waals surface area contributed by atoms with Crippen molar-refractivity contribution in [2.45, 2.75) is 0 Å². The molecule has 0 radical (unpaired) electrons. The smallest absolute Gasteiger partial charge is 0.172 e. The third kappa shape index (κ3) is 2.11. The van der Waals surface area contributed by atoms with Crippen LogP contribution < -0.4 is 4.74 Å². The predicted molar refractivity (Wildman–Crippen MR) is 70.5 cm³/mol. The Kier molecular flexibility index (Phi) is 2.80. The quantitative estimate of drug-likeness (QED) is 0.749. The molecule has 0 aliphatic rings. The first kappa shape index (κ1) is 10.6. The highest BCUT2D eigenvalue weighted by molar-refractivity contribution is 5.65. The Bertz CT molecular complexity index is 617. The van der Waals surface area contributed by atoms with E-state index in [-0.39, 0.29) is 0 Å². The topological polar surface area (TPSA) is 37.9 Å². The van der Waals surface area contributed by atoms with Crippen molar-refractivity contribution in [3.8, 4) is 22.8 Å². The van der Waals surface area contributed by atoms with Crippen molar-refractivity contribution < 1.29 is 4.74 Å². The van der Waals surface area contributed by atoms with Gasteiger partial charge in [-0.3, -0.25) is 5.10 Å². The summed E-state index contributed by atoms with van der Waals surface area (Å²) in [6.45, 7) is 0. The molecule has 0 amide bonds. The lowest BCUT2D eigenvalue weighted by molar-refractivity contribution is 0.484. The summed E-state index contributed by atoms with van der Waals surface area (Å²) < 4.78 is 5.81. The van der Waals surface area contributed by atoms with Crippen LogP contribution in [-0.4, -0.2) is 10.2 Å². The molecule has 0 fully saturated rings. The standard InChI is InChI=1S/C15H12N2O/c1-3-7-12(8-4-1)15-14(11-16-17-15)18-13-9-5-2-6-10-13/h1-11H,(H,16,17). The fraction of sp³-hybridized carbons (Fsp3) is 0. The maximum atomic E-state index is 5.81. The molecule has 0 saturated heterocycles. The van der Waals surface area contributed by atoms with Crippen LogP contribution in [0.25, 0.3) is 11.3 Å². The van der Waals surface area contributed by atoms with E-state index in [1.165, 1.54) is 0 Å². The Morgan fingerprint density at radius 3 is 2.22 bits per heavy atom. The van der Waals surface area contributed by atoms with Crippen LogP contribution in [0, 0.1) is 0 Å². The number of nitrogens with one attached hydrogen (secondary N) is 1. The molecule has 0 saturated carbocycles. The number of hydrogen-bond donors (Lipinski definition) is 1. The number of ether oxygens (including phenoxy) is 1. The lowest BCUT2D eigenvalue weighted by Crippen LogP contribution is -1.85. The van der Waals surface area contributed by atoms with Crippen LogP contribution in [0.2, 0.25) is 0 Å². The summed E-state index contributed by atoms with van der Waals surface area (Å²) in [4.78, 5) is 0. The summed E-state index contributed by atoms with van der Waals surface area (Å²) >= 11 is 0. The third-order valence-electron chi connectivity index (χ3n) is 2.64. The van der Waals surface area contributed by atoms with E-state index in [0.29, 0.717) is 0 Å². The maximum Gasteiger partial charge on any atom is 0.172 e. The number of aromatic nitrogens is 2. The van der Waals surface area contributed by atoms with Gasteiger partial charge in [-0.15, -0.1) is 0 Å². The summed E-state index contributed by atoms with van der Waals surface area (Å²) in [6, 6.07) is 19.7. The first-order chi connectivity index (χ1) is 8.93. The molecule has 1 N–H and O–H groups in total. The van der Waals surface area contributed by atoms with Crippen molar-refractivity contribution in [3.05, 3.63) is 66.9 Å². The molecule has 3 aromatic rings. The number of rotatable bonds is 3. The molecule has 88 valence electrons. The van der Waals surface area contributed by atoms with Gasteiger partial charge in [-0.05, 0) is 12.1 Å². The van der Waals surface area contributed by atoms with Gasteiger partial charge < -0.3 is 4.74 Å². The van der Waals surface area contributed by atoms with Crippen LogP contribution in [0.15, 0.2) is 66.9 Å². The Labute approximate surface area is 105 Å². The van der Waals surface area contributed by atoms with Gasteiger partial charge in [-0.2, -0.15) is 5.10 Å². The van der Waals surface area contributed by atoms with Crippen LogP contribution in [-0.2, 0) is 0 Å². The molecule has 0 aliphatic carbocycles. The molecule has 0 atom stereocenters. The minimum atomic E-state index is 0.729. The van der Waals surface area contributed by atoms with Gasteiger partial charge in [0.25, 0.3) is 0 Å². The van der Waals surface area contributed by atoms with Crippen LogP contribution in [0.4, 0.5) is 0 Å². The van der Waals surface area contributed by atoms with Gasteiger partial charge in [-0.1, -0.05) is 48.5 Å². The average Bonchev–Trinajstić information content (AvgIpc) is 2.89. The molecule has 0 spiro atoms. The van der Waals surface area contributed by atoms with E-state index >= 15 is 0 Å². The second kappa shape index (κ2) is 4.75. The fourth-order valence-electron chi connectivity index (χ4n) is 1.78. The second-order valence-electron chi connectivity index (χ2n) is 3.89. The minimum Gasteiger partial charge on any atom is -0.453 e. The van der Waals surface area contributed by atoms with Crippen molar-refractivity contribution in [2.75, 3.05) is 0 Å². The zero-order valence-corrected chi connectivity index (χ0v) is 9.71. The van der Waals surface area contributed by atoms with Crippen molar-refractivity contribution >= 4 is 0 Å². The van der Waals surface area contributed by atoms with E-state index in [4.69, 9.17) is 4.74 Å². The molecule has 1 aromatic heterocycles. The van der Waals surface area contributed by atoms with Crippen molar-refractivity contribution in [1.82, 2.24) is 10.2 Å². The predicted octanol–water partition coefficient (Wildman–Crippen LogP) is 3.87. The van der Waals surface area contributed by atoms with Gasteiger partial charge in [0.05, 0.1) is 6.20 Å². The van der Waals surface area contributed by atoms with E-state index in [1.807, 2.05) is 60.7 Å². The molecular formula is C15H12N2O. The molecule has 3 nitrogen and oxygen atoms in total. The lowest BCUT2D eigenvalue weighted by Gasteiger charge is -2.05. The zero-order valence-electron chi connectivity index (χ0n) is 9.71. The SMILES string of the molecule is c1ccc(Oc2cn[nH]c2-c2ccccc2)cc1. The second-order valence-corrected chi connectivity index (χ2v) is 3.89. The maximum absolute atomic E-state index is 5.81. The van der Waals surface area contributed by atoms with Crippen LogP contribution in [0.1, 0.15) is 0 Å². The highest BCUT2D eigenvalue weighted by Gasteiger charge is 2.09. The Hall–Kier alpha value is -2.55. The van der Waals surface area contributed by atoms with Crippen LogP contribution >= 0.6 is 0 Å². The Morgan fingerprint density at radius 2 is 1.50 bits per heavy atom. The third-order valence-corrected chi connectivity index (χ3v) is 2.64. The first-order valence-corrected chi connectivity index (χ1v) is 5.75. The van der Waals surface area contributed by atoms with E-state index in [2.05, 4.69) is 10.2 Å². The van der Waals surface area contributed by atoms with E-state index in [0.717, 1.165) is 22.8 Å². The van der Waals surface area contributed by atoms with Crippen molar-refractivity contribution in [2.24, 2.45) is 0 Å². The summed E-state index contributed by atoms with van der Waals surface area (Å²) in [5, 5.41) is 7.01. The molecule has 3 heteroatoms. The molecule has 0 unspecified atom stereocenters. The van der Waals surface area contributed by atoms with E-state index in [9.17, 15) is 0 Å². The molecule has 2 aromatic carbocycles. The van der Waals surface area contributed by atoms with Gasteiger partial charge >= 0.3 is 0 Å². The monoisotopic (exact) mass is 236 g/mol. The molecule has 0 aliphatic heterocycles. The minimum absolute atomic E-state index is 0.729. The van der Waals surface area contributed by atoms with Gasteiger partial charge in [0.15, 0.2) is 5.75 Å². The summed E-state index contributed by atoms with van der Waals surface area (Å²) in [6.07, 6.45) is 1.69. The first-order valence-electron chi connectivity index (χ1n) is 5.75. The van der Waals surface area contributed by atoms with Crippen molar-refractivity contribution in [3.63, 3.8) is 0 Å². The molecule has 18 heavy (non-hydrogen) atoms. The van der Waals surface area contributed by atoms with Gasteiger partial charge in [0, 0.05) is 5.56 Å². The molecule has 3 rings (SSSR count). The number of para-hydroxylation sites is 1. The average molecular weight is 236 g/mol. The van der Waals surface area contributed by atoms with Crippen molar-refractivity contribution in [1.29, 1.82) is 0 Å². The number of H-pyrrole nitrogens is 1. The summed E-state index contributed by atoms with van der Waals surface area (Å²) in [5.41, 5.74) is 1.94. The number of nitrogens with zero attached hydrogens (tertiary/aromatic N) is 1. The van der Waals surface area contributed by atoms with Gasteiger partial charge in [0.2, 0.25) is 0 Å². The lowest BCUT2D eigenvalue weighted by atomic mass is 10.1. The highest BCUT2D eigenvalue weighted by atomic mass is 16.5. The number of hydrogen-bond acceptors (Lipinski definition) is 2. The normalized spacial score (nSPS) is 10.2. The fourth-order valence-corrected chi connectivity index (χ4v) is 1.78. The molecule has 1 heterocycles. The number of aromatic amines is 1. The molecule has 0 bridgehead atoms. The van der Waals surface area contributed by atoms with E-state index < -0.39 is 0 Å². The Morgan fingerprint density at radius 1 is 0.833 bits per heavy atom. The van der Waals surface area contributed by atoms with Crippen LogP contribution in [0.3, 0.4) is 0 Å². The molecular weight excluding hydrogens is 224 g/mol. The highest BCUT2D eigenvalue weighted by Crippen LogP contribution is 2.30.